The molecule has 0 radical (unpaired) electrons. The highest BCUT2D eigenvalue weighted by atomic mass is 16.5. The maximum atomic E-state index is 9.09. The molecule has 1 atom stereocenters. The molecule has 17 heavy (non-hydrogen) atoms. The molecular weight excluding hydrogens is 214 g/mol. The van der Waals surface area contributed by atoms with Gasteiger partial charge in [0, 0.05) is 12.5 Å². The predicted molar refractivity (Wildman–Crippen MR) is 69.6 cm³/mol. The lowest BCUT2D eigenvalue weighted by Gasteiger charge is -2.20. The molecular formula is C14H23NO2. The van der Waals surface area contributed by atoms with E-state index in [0.29, 0.717) is 12.5 Å². The minimum Gasteiger partial charge on any atom is -0.368 e. The summed E-state index contributed by atoms with van der Waals surface area (Å²) < 4.78 is 0. The molecule has 0 saturated carbocycles. The lowest BCUT2D eigenvalue weighted by Crippen LogP contribution is -2.31. The van der Waals surface area contributed by atoms with Crippen molar-refractivity contribution in [2.45, 2.75) is 39.0 Å². The van der Waals surface area contributed by atoms with Crippen molar-refractivity contribution in [3.05, 3.63) is 35.9 Å². The summed E-state index contributed by atoms with van der Waals surface area (Å²) in [5.74, 6) is 0.250. The molecule has 0 bridgehead atoms. The molecule has 0 fully saturated rings. The Morgan fingerprint density at radius 2 is 1.76 bits per heavy atom. The van der Waals surface area contributed by atoms with Gasteiger partial charge in [-0.1, -0.05) is 44.2 Å². The van der Waals surface area contributed by atoms with Gasteiger partial charge in [-0.25, -0.2) is 0 Å². The number of aliphatic hydroxyl groups is 2. The molecule has 3 heteroatoms. The zero-order valence-corrected chi connectivity index (χ0v) is 10.6. The van der Waals surface area contributed by atoms with Gasteiger partial charge in [0.05, 0.1) is 0 Å². The van der Waals surface area contributed by atoms with Crippen LogP contribution < -0.4 is 5.32 Å². The molecule has 0 aliphatic carbocycles. The molecule has 0 heterocycles. The van der Waals surface area contributed by atoms with Crippen LogP contribution in [0.1, 0.15) is 25.8 Å². The number of benzene rings is 1. The van der Waals surface area contributed by atoms with Gasteiger partial charge in [0.15, 0.2) is 6.29 Å². The zero-order valence-electron chi connectivity index (χ0n) is 10.6. The second-order valence-electron chi connectivity index (χ2n) is 4.84. The number of nitrogens with one attached hydrogen (secondary N) is 1. The first kappa shape index (κ1) is 14.2. The zero-order chi connectivity index (χ0) is 12.7. The third kappa shape index (κ3) is 6.41. The maximum absolute atomic E-state index is 9.09. The molecule has 0 aliphatic rings. The highest BCUT2D eigenvalue weighted by Gasteiger charge is 2.13. The Morgan fingerprint density at radius 1 is 1.12 bits per heavy atom. The van der Waals surface area contributed by atoms with Gasteiger partial charge in [0.2, 0.25) is 0 Å². The third-order valence-corrected chi connectivity index (χ3v) is 2.73. The maximum Gasteiger partial charge on any atom is 0.151 e. The Morgan fingerprint density at radius 3 is 2.29 bits per heavy atom. The van der Waals surface area contributed by atoms with Crippen molar-refractivity contribution in [2.75, 3.05) is 6.54 Å². The van der Waals surface area contributed by atoms with Gasteiger partial charge in [0.25, 0.3) is 0 Å². The highest BCUT2D eigenvalue weighted by molar-refractivity contribution is 5.15. The van der Waals surface area contributed by atoms with Crippen molar-refractivity contribution in [2.24, 2.45) is 5.92 Å². The van der Waals surface area contributed by atoms with E-state index in [0.717, 1.165) is 13.0 Å². The second kappa shape index (κ2) is 7.43. The average molecular weight is 237 g/mol. The summed E-state index contributed by atoms with van der Waals surface area (Å²) in [4.78, 5) is 0. The van der Waals surface area contributed by atoms with Crippen molar-refractivity contribution < 1.29 is 10.2 Å². The van der Waals surface area contributed by atoms with Gasteiger partial charge in [-0.05, 0) is 24.4 Å². The number of aliphatic hydroxyl groups excluding tert-OH is 1. The van der Waals surface area contributed by atoms with Crippen LogP contribution in [0.2, 0.25) is 0 Å². The van der Waals surface area contributed by atoms with Crippen LogP contribution in [0.25, 0.3) is 0 Å². The number of rotatable bonds is 7. The van der Waals surface area contributed by atoms with Crippen molar-refractivity contribution in [1.82, 2.24) is 5.32 Å². The fraction of sp³-hybridized carbons (Fsp3) is 0.571. The van der Waals surface area contributed by atoms with Crippen LogP contribution in [0.3, 0.4) is 0 Å². The molecule has 3 nitrogen and oxygen atoms in total. The van der Waals surface area contributed by atoms with E-state index >= 15 is 0 Å². The highest BCUT2D eigenvalue weighted by Crippen LogP contribution is 2.13. The first-order valence-corrected chi connectivity index (χ1v) is 6.21. The van der Waals surface area contributed by atoms with Crippen LogP contribution in [0.15, 0.2) is 30.3 Å². The fourth-order valence-corrected chi connectivity index (χ4v) is 1.89. The largest absolute Gasteiger partial charge is 0.368 e. The second-order valence-corrected chi connectivity index (χ2v) is 4.84. The Kier molecular flexibility index (Phi) is 6.19. The van der Waals surface area contributed by atoms with Crippen molar-refractivity contribution in [3.8, 4) is 0 Å². The minimum atomic E-state index is -1.22. The van der Waals surface area contributed by atoms with E-state index in [2.05, 4.69) is 31.3 Å². The van der Waals surface area contributed by atoms with Crippen LogP contribution in [0, 0.1) is 5.92 Å². The van der Waals surface area contributed by atoms with E-state index in [-0.39, 0.29) is 5.92 Å². The molecule has 0 saturated heterocycles. The smallest absolute Gasteiger partial charge is 0.151 e. The number of hydrogen-bond acceptors (Lipinski definition) is 3. The Balaban J connectivity index is 2.51. The summed E-state index contributed by atoms with van der Waals surface area (Å²) in [5, 5.41) is 21.5. The molecule has 1 aromatic carbocycles. The lowest BCUT2D eigenvalue weighted by molar-refractivity contribution is -0.0558. The molecule has 0 spiro atoms. The number of hydrogen-bond donors (Lipinski definition) is 3. The first-order valence-electron chi connectivity index (χ1n) is 6.21. The molecule has 3 N–H and O–H groups in total. The summed E-state index contributed by atoms with van der Waals surface area (Å²) >= 11 is 0. The van der Waals surface area contributed by atoms with Gasteiger partial charge in [-0.2, -0.15) is 0 Å². The van der Waals surface area contributed by atoms with Gasteiger partial charge < -0.3 is 15.5 Å². The molecule has 0 amide bonds. The van der Waals surface area contributed by atoms with Gasteiger partial charge in [-0.15, -0.1) is 0 Å². The van der Waals surface area contributed by atoms with E-state index in [1.165, 1.54) is 5.56 Å². The first-order chi connectivity index (χ1) is 8.08. The van der Waals surface area contributed by atoms with E-state index in [1.807, 2.05) is 18.2 Å². The standard InChI is InChI=1S/C14H23NO2/c1-11(2)15-10-13(9-14(16)17)8-12-6-4-3-5-7-12/h3-7,11,13-17H,8-10H2,1-2H3. The molecule has 96 valence electrons. The topological polar surface area (TPSA) is 52.5 Å². The Bertz CT molecular complexity index is 298. The fourth-order valence-electron chi connectivity index (χ4n) is 1.89. The van der Waals surface area contributed by atoms with Crippen LogP contribution in [-0.4, -0.2) is 29.1 Å². The van der Waals surface area contributed by atoms with E-state index in [9.17, 15) is 0 Å². The summed E-state index contributed by atoms with van der Waals surface area (Å²) in [5.41, 5.74) is 1.24. The normalized spacial score (nSPS) is 13.3. The Hall–Kier alpha value is -0.900. The Labute approximate surface area is 103 Å². The summed E-state index contributed by atoms with van der Waals surface area (Å²) in [6, 6.07) is 10.6. The van der Waals surface area contributed by atoms with Crippen LogP contribution in [0.5, 0.6) is 0 Å². The lowest BCUT2D eigenvalue weighted by atomic mass is 9.95. The molecule has 0 aromatic heterocycles. The van der Waals surface area contributed by atoms with Crippen LogP contribution in [-0.2, 0) is 6.42 Å². The van der Waals surface area contributed by atoms with Crippen molar-refractivity contribution in [3.63, 3.8) is 0 Å². The minimum absolute atomic E-state index is 0.250. The SMILES string of the molecule is CC(C)NCC(Cc1ccccc1)CC(O)O. The van der Waals surface area contributed by atoms with Crippen LogP contribution in [0.4, 0.5) is 0 Å². The monoisotopic (exact) mass is 237 g/mol. The van der Waals surface area contributed by atoms with Gasteiger partial charge in [-0.3, -0.25) is 0 Å². The van der Waals surface area contributed by atoms with Crippen LogP contribution >= 0.6 is 0 Å². The molecule has 1 rings (SSSR count). The summed E-state index contributed by atoms with van der Waals surface area (Å²) in [6.07, 6.45) is 0.0601. The predicted octanol–water partition coefficient (Wildman–Crippen LogP) is 1.54. The van der Waals surface area contributed by atoms with Gasteiger partial charge in [0.1, 0.15) is 0 Å². The van der Waals surface area contributed by atoms with Crippen molar-refractivity contribution in [1.29, 1.82) is 0 Å². The van der Waals surface area contributed by atoms with E-state index < -0.39 is 6.29 Å². The summed E-state index contributed by atoms with van der Waals surface area (Å²) in [6.45, 7) is 4.99. The third-order valence-electron chi connectivity index (χ3n) is 2.73. The quantitative estimate of drug-likeness (QED) is 0.631. The molecule has 1 aromatic rings. The van der Waals surface area contributed by atoms with Gasteiger partial charge >= 0.3 is 0 Å². The van der Waals surface area contributed by atoms with Crippen molar-refractivity contribution >= 4 is 0 Å². The molecule has 0 aliphatic heterocycles. The summed E-state index contributed by atoms with van der Waals surface area (Å²) in [7, 11) is 0. The average Bonchev–Trinajstić information content (AvgIpc) is 2.26. The van der Waals surface area contributed by atoms with E-state index in [4.69, 9.17) is 10.2 Å². The molecule has 1 unspecified atom stereocenters. The van der Waals surface area contributed by atoms with E-state index in [1.54, 1.807) is 0 Å².